The van der Waals surface area contributed by atoms with Crippen LogP contribution in [0.5, 0.6) is 5.75 Å². The van der Waals surface area contributed by atoms with Crippen molar-refractivity contribution in [1.82, 2.24) is 5.32 Å². The maximum Gasteiger partial charge on any atom is 0.264 e. The molecule has 0 radical (unpaired) electrons. The van der Waals surface area contributed by atoms with Crippen LogP contribution in [-0.4, -0.2) is 28.0 Å². The second kappa shape index (κ2) is 9.61. The Labute approximate surface area is 181 Å². The Morgan fingerprint density at radius 2 is 1.61 bits per heavy atom. The Hall–Kier alpha value is -3.39. The molecule has 0 aliphatic heterocycles. The maximum atomic E-state index is 13.4. The second-order valence-electron chi connectivity index (χ2n) is 6.84. The maximum absolute atomic E-state index is 13.4. The zero-order valence-electron chi connectivity index (χ0n) is 17.2. The lowest BCUT2D eigenvalue weighted by atomic mass is 10.1. The average Bonchev–Trinajstić information content (AvgIpc) is 2.78. The lowest BCUT2D eigenvalue weighted by molar-refractivity contribution is -0.120. The van der Waals surface area contributed by atoms with E-state index >= 15 is 0 Å². The second-order valence-corrected chi connectivity index (χ2v) is 8.70. The highest BCUT2D eigenvalue weighted by Crippen LogP contribution is 2.32. The van der Waals surface area contributed by atoms with E-state index in [1.54, 1.807) is 61.5 Å². The van der Waals surface area contributed by atoms with Crippen LogP contribution >= 0.6 is 0 Å². The molecule has 0 fully saturated rings. The minimum atomic E-state index is -4.04. The average molecular weight is 443 g/mol. The van der Waals surface area contributed by atoms with Gasteiger partial charge in [-0.1, -0.05) is 42.5 Å². The topological polar surface area (TPSA) is 75.7 Å². The number of carbonyl (C=O) groups is 1. The van der Waals surface area contributed by atoms with Gasteiger partial charge in [-0.15, -0.1) is 0 Å². The van der Waals surface area contributed by atoms with Gasteiger partial charge >= 0.3 is 0 Å². The van der Waals surface area contributed by atoms with Gasteiger partial charge in [-0.25, -0.2) is 12.8 Å². The standard InChI is InChI=1S/C23H23FN2O4S/c1-17(18-12-14-19(24)15-13-18)25-23(27)16-26(21-10-6-7-11-22(21)30-2)31(28,29)20-8-4-3-5-9-20/h3-15,17H,16H2,1-2H3,(H,25,27)/t17-/m1/s1. The van der Waals surface area contributed by atoms with E-state index in [4.69, 9.17) is 4.74 Å². The van der Waals surface area contributed by atoms with Crippen LogP contribution in [0.2, 0.25) is 0 Å². The molecule has 31 heavy (non-hydrogen) atoms. The van der Waals surface area contributed by atoms with E-state index in [0.29, 0.717) is 11.3 Å². The number of methoxy groups -OCH3 is 1. The highest BCUT2D eigenvalue weighted by Gasteiger charge is 2.29. The van der Waals surface area contributed by atoms with Crippen molar-refractivity contribution in [1.29, 1.82) is 0 Å². The number of para-hydroxylation sites is 2. The number of benzene rings is 3. The molecule has 1 amide bonds. The van der Waals surface area contributed by atoms with Crippen molar-refractivity contribution in [2.45, 2.75) is 17.9 Å². The summed E-state index contributed by atoms with van der Waals surface area (Å²) in [5.74, 6) is -0.567. The molecule has 0 unspecified atom stereocenters. The van der Waals surface area contributed by atoms with Crippen LogP contribution in [0.4, 0.5) is 10.1 Å². The summed E-state index contributed by atoms with van der Waals surface area (Å²) in [4.78, 5) is 12.9. The molecule has 3 aromatic carbocycles. The van der Waals surface area contributed by atoms with Crippen molar-refractivity contribution < 1.29 is 22.3 Å². The summed E-state index contributed by atoms with van der Waals surface area (Å²) in [6, 6.07) is 19.8. The molecule has 0 heterocycles. The summed E-state index contributed by atoms with van der Waals surface area (Å²) in [6.07, 6.45) is 0. The predicted octanol–water partition coefficient (Wildman–Crippen LogP) is 3.91. The van der Waals surface area contributed by atoms with E-state index in [9.17, 15) is 17.6 Å². The number of ether oxygens (including phenoxy) is 1. The Kier molecular flexibility index (Phi) is 6.91. The molecule has 0 saturated carbocycles. The van der Waals surface area contributed by atoms with Crippen LogP contribution in [0.15, 0.2) is 83.8 Å². The Balaban J connectivity index is 1.91. The fourth-order valence-corrected chi connectivity index (χ4v) is 4.56. The SMILES string of the molecule is COc1ccccc1N(CC(=O)N[C@H](C)c1ccc(F)cc1)S(=O)(=O)c1ccccc1. The zero-order chi connectivity index (χ0) is 22.4. The first-order chi connectivity index (χ1) is 14.8. The minimum Gasteiger partial charge on any atom is -0.495 e. The number of halogens is 1. The smallest absolute Gasteiger partial charge is 0.264 e. The highest BCUT2D eigenvalue weighted by molar-refractivity contribution is 7.92. The van der Waals surface area contributed by atoms with Gasteiger partial charge in [0.1, 0.15) is 18.1 Å². The predicted molar refractivity (Wildman–Crippen MR) is 117 cm³/mol. The molecule has 1 atom stereocenters. The number of anilines is 1. The van der Waals surface area contributed by atoms with Gasteiger partial charge in [0, 0.05) is 0 Å². The molecule has 0 spiro atoms. The molecule has 3 aromatic rings. The van der Waals surface area contributed by atoms with Crippen LogP contribution < -0.4 is 14.4 Å². The van der Waals surface area contributed by atoms with Crippen molar-refractivity contribution in [2.75, 3.05) is 18.0 Å². The number of amides is 1. The first-order valence-electron chi connectivity index (χ1n) is 9.58. The third kappa shape index (κ3) is 5.21. The lowest BCUT2D eigenvalue weighted by Gasteiger charge is -2.26. The Morgan fingerprint density at radius 3 is 2.26 bits per heavy atom. The summed E-state index contributed by atoms with van der Waals surface area (Å²) in [6.45, 7) is 1.29. The Bertz CT molecular complexity index is 1140. The van der Waals surface area contributed by atoms with E-state index in [1.807, 2.05) is 0 Å². The summed E-state index contributed by atoms with van der Waals surface area (Å²) >= 11 is 0. The van der Waals surface area contributed by atoms with Crippen LogP contribution in [0.25, 0.3) is 0 Å². The first-order valence-corrected chi connectivity index (χ1v) is 11.0. The molecule has 1 N–H and O–H groups in total. The van der Waals surface area contributed by atoms with Crippen molar-refractivity contribution in [2.24, 2.45) is 0 Å². The third-order valence-corrected chi connectivity index (χ3v) is 6.49. The van der Waals surface area contributed by atoms with Crippen LogP contribution in [0.3, 0.4) is 0 Å². The van der Waals surface area contributed by atoms with Crippen molar-refractivity contribution in [3.63, 3.8) is 0 Å². The quantitative estimate of drug-likeness (QED) is 0.574. The van der Waals surface area contributed by atoms with Gasteiger partial charge in [0.2, 0.25) is 5.91 Å². The summed E-state index contributed by atoms with van der Waals surface area (Å²) in [7, 11) is -2.61. The number of carbonyl (C=O) groups excluding carboxylic acids is 1. The molecule has 0 aliphatic carbocycles. The summed E-state index contributed by atoms with van der Waals surface area (Å²) < 4.78 is 46.3. The fraction of sp³-hybridized carbons (Fsp3) is 0.174. The number of nitrogens with one attached hydrogen (secondary N) is 1. The third-order valence-electron chi connectivity index (χ3n) is 4.72. The molecule has 3 rings (SSSR count). The molecule has 0 saturated heterocycles. The van der Waals surface area contributed by atoms with E-state index in [0.717, 1.165) is 4.31 Å². The van der Waals surface area contributed by atoms with Crippen LogP contribution in [0.1, 0.15) is 18.5 Å². The van der Waals surface area contributed by atoms with Crippen molar-refractivity contribution >= 4 is 21.6 Å². The number of sulfonamides is 1. The van der Waals surface area contributed by atoms with E-state index in [1.165, 1.54) is 31.4 Å². The highest BCUT2D eigenvalue weighted by atomic mass is 32.2. The molecular weight excluding hydrogens is 419 g/mol. The summed E-state index contributed by atoms with van der Waals surface area (Å²) in [5, 5.41) is 2.77. The fourth-order valence-electron chi connectivity index (χ4n) is 3.11. The molecular formula is C23H23FN2O4S. The number of hydrogen-bond acceptors (Lipinski definition) is 4. The van der Waals surface area contributed by atoms with Gasteiger partial charge in [0.05, 0.1) is 23.7 Å². The van der Waals surface area contributed by atoms with E-state index in [-0.39, 0.29) is 16.4 Å². The van der Waals surface area contributed by atoms with Gasteiger partial charge in [-0.2, -0.15) is 0 Å². The van der Waals surface area contributed by atoms with Gasteiger partial charge in [0.15, 0.2) is 0 Å². The number of hydrogen-bond donors (Lipinski definition) is 1. The molecule has 162 valence electrons. The van der Waals surface area contributed by atoms with Crippen LogP contribution in [0, 0.1) is 5.82 Å². The van der Waals surface area contributed by atoms with Gasteiger partial charge in [-0.3, -0.25) is 9.10 Å². The summed E-state index contributed by atoms with van der Waals surface area (Å²) in [5.41, 5.74) is 0.947. The molecule has 6 nitrogen and oxygen atoms in total. The zero-order valence-corrected chi connectivity index (χ0v) is 18.0. The van der Waals surface area contributed by atoms with Gasteiger partial charge < -0.3 is 10.1 Å². The van der Waals surface area contributed by atoms with Crippen molar-refractivity contribution in [3.05, 3.63) is 90.2 Å². The van der Waals surface area contributed by atoms with Gasteiger partial charge in [0.25, 0.3) is 10.0 Å². The number of rotatable bonds is 8. The van der Waals surface area contributed by atoms with Crippen molar-refractivity contribution in [3.8, 4) is 5.75 Å². The molecule has 8 heteroatoms. The lowest BCUT2D eigenvalue weighted by Crippen LogP contribution is -2.41. The van der Waals surface area contributed by atoms with E-state index < -0.39 is 28.5 Å². The Morgan fingerprint density at radius 1 is 1.00 bits per heavy atom. The number of nitrogens with zero attached hydrogens (tertiary/aromatic N) is 1. The van der Waals surface area contributed by atoms with E-state index in [2.05, 4.69) is 5.32 Å². The molecule has 0 aliphatic rings. The molecule has 0 bridgehead atoms. The normalized spacial score (nSPS) is 12.1. The monoisotopic (exact) mass is 442 g/mol. The first kappa shape index (κ1) is 22.3. The van der Waals surface area contributed by atoms with Gasteiger partial charge in [-0.05, 0) is 48.9 Å². The van der Waals surface area contributed by atoms with Crippen LogP contribution in [-0.2, 0) is 14.8 Å². The minimum absolute atomic E-state index is 0.0558. The molecule has 0 aromatic heterocycles. The largest absolute Gasteiger partial charge is 0.495 e.